The number of hydrogen-bond acceptors (Lipinski definition) is 4. The largest absolute Gasteiger partial charge is 0.450 e. The zero-order chi connectivity index (χ0) is 20.6. The maximum atomic E-state index is 12.1. The Labute approximate surface area is 173 Å². The first-order valence-corrected chi connectivity index (χ1v) is 10.5. The molecular weight excluding hydrogens is 364 g/mol. The normalized spacial score (nSPS) is 18.9. The van der Waals surface area contributed by atoms with Crippen LogP contribution in [-0.4, -0.2) is 47.9 Å². The van der Waals surface area contributed by atoms with Gasteiger partial charge in [0.15, 0.2) is 0 Å². The van der Waals surface area contributed by atoms with Crippen molar-refractivity contribution in [1.29, 1.82) is 0 Å². The summed E-state index contributed by atoms with van der Waals surface area (Å²) in [5.41, 5.74) is 3.78. The summed E-state index contributed by atoms with van der Waals surface area (Å²) in [6.07, 6.45) is 0.428. The Morgan fingerprint density at radius 1 is 1.17 bits per heavy atom. The molecule has 2 N–H and O–H groups in total. The molecule has 3 atom stereocenters. The zero-order valence-corrected chi connectivity index (χ0v) is 17.4. The number of β-amino-alcohol motifs (C(OH)–C–C–N with tert-alkyl or cyclic N) is 1. The molecule has 3 rings (SSSR count). The third-order valence-corrected chi connectivity index (χ3v) is 5.44. The SMILES string of the molecule is CCOC(=O)N[C@@H](Cc1ccccc1)[C@H](O)CN1Cc2ccccc2C[C@@H](C)C1. The minimum Gasteiger partial charge on any atom is -0.450 e. The fourth-order valence-corrected chi connectivity index (χ4v) is 4.10. The number of benzene rings is 2. The van der Waals surface area contributed by atoms with Gasteiger partial charge in [0.1, 0.15) is 0 Å². The summed E-state index contributed by atoms with van der Waals surface area (Å²) in [6, 6.07) is 18.0. The first-order valence-electron chi connectivity index (χ1n) is 10.5. The number of nitrogens with one attached hydrogen (secondary N) is 1. The van der Waals surface area contributed by atoms with E-state index in [4.69, 9.17) is 4.74 Å². The van der Waals surface area contributed by atoms with E-state index in [0.717, 1.165) is 25.1 Å². The number of fused-ring (bicyclic) bond motifs is 1. The van der Waals surface area contributed by atoms with Gasteiger partial charge in [-0.05, 0) is 42.4 Å². The predicted octanol–water partition coefficient (Wildman–Crippen LogP) is 3.40. The number of hydrogen-bond donors (Lipinski definition) is 2. The van der Waals surface area contributed by atoms with Gasteiger partial charge in [0, 0.05) is 19.6 Å². The van der Waals surface area contributed by atoms with Gasteiger partial charge in [0.2, 0.25) is 0 Å². The number of aliphatic hydroxyl groups is 1. The highest BCUT2D eigenvalue weighted by Crippen LogP contribution is 2.22. The van der Waals surface area contributed by atoms with Crippen molar-refractivity contribution in [1.82, 2.24) is 10.2 Å². The summed E-state index contributed by atoms with van der Waals surface area (Å²) in [6.45, 7) is 6.57. The highest BCUT2D eigenvalue weighted by Gasteiger charge is 2.27. The second-order valence-corrected chi connectivity index (χ2v) is 8.00. The molecule has 5 heteroatoms. The Balaban J connectivity index is 1.71. The number of aliphatic hydroxyl groups excluding tert-OH is 1. The molecule has 0 saturated carbocycles. The third kappa shape index (κ3) is 6.31. The van der Waals surface area contributed by atoms with Crippen LogP contribution in [0.15, 0.2) is 54.6 Å². The van der Waals surface area contributed by atoms with E-state index in [2.05, 4.69) is 41.4 Å². The van der Waals surface area contributed by atoms with Crippen molar-refractivity contribution in [2.75, 3.05) is 19.7 Å². The second kappa shape index (κ2) is 10.4. The Bertz CT molecular complexity index is 781. The Kier molecular flexibility index (Phi) is 7.67. The number of rotatable bonds is 7. The predicted molar refractivity (Wildman–Crippen MR) is 115 cm³/mol. The average Bonchev–Trinajstić information content (AvgIpc) is 2.85. The zero-order valence-electron chi connectivity index (χ0n) is 17.4. The van der Waals surface area contributed by atoms with Crippen molar-refractivity contribution >= 4 is 6.09 Å². The van der Waals surface area contributed by atoms with Crippen molar-refractivity contribution in [2.24, 2.45) is 5.92 Å². The maximum Gasteiger partial charge on any atom is 0.407 e. The summed E-state index contributed by atoms with van der Waals surface area (Å²) in [4.78, 5) is 14.4. The van der Waals surface area contributed by atoms with Gasteiger partial charge < -0.3 is 15.2 Å². The van der Waals surface area contributed by atoms with Crippen LogP contribution in [0.3, 0.4) is 0 Å². The third-order valence-electron chi connectivity index (χ3n) is 5.44. The molecular formula is C24H32N2O3. The lowest BCUT2D eigenvalue weighted by molar-refractivity contribution is 0.0667. The molecule has 1 amide bonds. The molecule has 0 bridgehead atoms. The van der Waals surface area contributed by atoms with Gasteiger partial charge in [-0.25, -0.2) is 4.79 Å². The summed E-state index contributed by atoms with van der Waals surface area (Å²) in [5.74, 6) is 0.511. The lowest BCUT2D eigenvalue weighted by atomic mass is 9.99. The number of carbonyl (C=O) groups excluding carboxylic acids is 1. The van der Waals surface area contributed by atoms with Crippen molar-refractivity contribution < 1.29 is 14.6 Å². The molecule has 5 nitrogen and oxygen atoms in total. The average molecular weight is 397 g/mol. The lowest BCUT2D eigenvalue weighted by Gasteiger charge is -2.30. The molecule has 1 aliphatic rings. The number of alkyl carbamates (subject to hydrolysis) is 1. The topological polar surface area (TPSA) is 61.8 Å². The summed E-state index contributed by atoms with van der Waals surface area (Å²) < 4.78 is 5.06. The Morgan fingerprint density at radius 3 is 2.59 bits per heavy atom. The van der Waals surface area contributed by atoms with Crippen LogP contribution in [0.5, 0.6) is 0 Å². The van der Waals surface area contributed by atoms with Gasteiger partial charge in [0.05, 0.1) is 18.8 Å². The standard InChI is InChI=1S/C24H32N2O3/c1-3-29-24(28)25-22(14-19-9-5-4-6-10-19)23(27)17-26-15-18(2)13-20-11-7-8-12-21(20)16-26/h4-12,18,22-23,27H,3,13-17H2,1-2H3,(H,25,28)/t18-,22+,23-/m1/s1. The van der Waals surface area contributed by atoms with Crippen LogP contribution >= 0.6 is 0 Å². The number of ether oxygens (including phenoxy) is 1. The quantitative estimate of drug-likeness (QED) is 0.753. The molecule has 0 unspecified atom stereocenters. The highest BCUT2D eigenvalue weighted by molar-refractivity contribution is 5.67. The van der Waals surface area contributed by atoms with E-state index in [0.29, 0.717) is 25.5 Å². The highest BCUT2D eigenvalue weighted by atomic mass is 16.5. The molecule has 29 heavy (non-hydrogen) atoms. The molecule has 0 fully saturated rings. The van der Waals surface area contributed by atoms with Crippen LogP contribution in [0.25, 0.3) is 0 Å². The minimum absolute atomic E-state index is 0.306. The van der Waals surface area contributed by atoms with Gasteiger partial charge in [-0.2, -0.15) is 0 Å². The Morgan fingerprint density at radius 2 is 1.86 bits per heavy atom. The van der Waals surface area contributed by atoms with Crippen molar-refractivity contribution in [3.8, 4) is 0 Å². The van der Waals surface area contributed by atoms with Crippen LogP contribution in [0.4, 0.5) is 4.79 Å². The second-order valence-electron chi connectivity index (χ2n) is 8.00. The fraction of sp³-hybridized carbons (Fsp3) is 0.458. The summed E-state index contributed by atoms with van der Waals surface area (Å²) in [7, 11) is 0. The Hall–Kier alpha value is -2.37. The molecule has 0 aliphatic carbocycles. The van der Waals surface area contributed by atoms with E-state index in [1.54, 1.807) is 6.92 Å². The summed E-state index contributed by atoms with van der Waals surface area (Å²) in [5, 5.41) is 13.9. The van der Waals surface area contributed by atoms with E-state index >= 15 is 0 Å². The molecule has 0 saturated heterocycles. The molecule has 0 spiro atoms. The van der Waals surface area contributed by atoms with E-state index in [-0.39, 0.29) is 0 Å². The molecule has 1 aliphatic heterocycles. The van der Waals surface area contributed by atoms with Crippen LogP contribution in [0, 0.1) is 5.92 Å². The van der Waals surface area contributed by atoms with Gasteiger partial charge in [-0.15, -0.1) is 0 Å². The molecule has 0 radical (unpaired) electrons. The van der Waals surface area contributed by atoms with E-state index in [9.17, 15) is 9.90 Å². The maximum absolute atomic E-state index is 12.1. The number of amides is 1. The first kappa shape index (κ1) is 21.3. The van der Waals surface area contributed by atoms with Crippen molar-refractivity contribution in [3.63, 3.8) is 0 Å². The van der Waals surface area contributed by atoms with E-state index in [1.807, 2.05) is 30.3 Å². The fourth-order valence-electron chi connectivity index (χ4n) is 4.10. The van der Waals surface area contributed by atoms with Crippen LogP contribution in [0.2, 0.25) is 0 Å². The molecule has 0 aromatic heterocycles. The van der Waals surface area contributed by atoms with E-state index in [1.165, 1.54) is 11.1 Å². The molecule has 156 valence electrons. The summed E-state index contributed by atoms with van der Waals surface area (Å²) >= 11 is 0. The molecule has 2 aromatic carbocycles. The van der Waals surface area contributed by atoms with Crippen LogP contribution in [-0.2, 0) is 24.1 Å². The molecule has 1 heterocycles. The number of carbonyl (C=O) groups is 1. The van der Waals surface area contributed by atoms with Gasteiger partial charge in [-0.1, -0.05) is 61.5 Å². The molecule has 2 aromatic rings. The van der Waals surface area contributed by atoms with Crippen molar-refractivity contribution in [2.45, 2.75) is 45.4 Å². The van der Waals surface area contributed by atoms with Gasteiger partial charge >= 0.3 is 6.09 Å². The van der Waals surface area contributed by atoms with Crippen LogP contribution in [0.1, 0.15) is 30.5 Å². The minimum atomic E-state index is -0.697. The van der Waals surface area contributed by atoms with Crippen molar-refractivity contribution in [3.05, 3.63) is 71.3 Å². The van der Waals surface area contributed by atoms with Gasteiger partial charge in [0.25, 0.3) is 0 Å². The number of nitrogens with zero attached hydrogens (tertiary/aromatic N) is 1. The monoisotopic (exact) mass is 396 g/mol. The van der Waals surface area contributed by atoms with Gasteiger partial charge in [-0.3, -0.25) is 4.90 Å². The smallest absolute Gasteiger partial charge is 0.407 e. The van der Waals surface area contributed by atoms with Crippen LogP contribution < -0.4 is 5.32 Å². The van der Waals surface area contributed by atoms with E-state index < -0.39 is 18.2 Å². The first-order chi connectivity index (χ1) is 14.0. The lowest BCUT2D eigenvalue weighted by Crippen LogP contribution is -2.50.